The van der Waals surface area contributed by atoms with Gasteiger partial charge in [0.05, 0.1) is 6.04 Å². The fourth-order valence-corrected chi connectivity index (χ4v) is 0.944. The van der Waals surface area contributed by atoms with Crippen LogP contribution in [0.3, 0.4) is 0 Å². The van der Waals surface area contributed by atoms with E-state index in [-0.39, 0.29) is 6.04 Å². The topological polar surface area (TPSA) is 75.6 Å². The van der Waals surface area contributed by atoms with Crippen LogP contribution in [0, 0.1) is 0 Å². The summed E-state index contributed by atoms with van der Waals surface area (Å²) < 4.78 is 5.05. The third-order valence-electron chi connectivity index (χ3n) is 1.61. The molecule has 5 heteroatoms. The molecule has 0 aliphatic heterocycles. The van der Waals surface area contributed by atoms with E-state index in [0.717, 1.165) is 6.08 Å². The van der Waals surface area contributed by atoms with E-state index in [0.29, 0.717) is 6.42 Å². The second kappa shape index (κ2) is 6.15. The Morgan fingerprint density at radius 1 is 1.44 bits per heavy atom. The second-order valence-electron chi connectivity index (χ2n) is 4.36. The summed E-state index contributed by atoms with van der Waals surface area (Å²) in [6.07, 6.45) is 2.48. The number of hydrogen-bond acceptors (Lipinski definition) is 3. The highest BCUT2D eigenvalue weighted by Crippen LogP contribution is 2.07. The lowest BCUT2D eigenvalue weighted by Crippen LogP contribution is -2.38. The summed E-state index contributed by atoms with van der Waals surface area (Å²) in [6, 6.07) is -0.328. The van der Waals surface area contributed by atoms with Crippen molar-refractivity contribution in [3.8, 4) is 0 Å². The number of carbonyl (C=O) groups is 2. The summed E-state index contributed by atoms with van der Waals surface area (Å²) in [4.78, 5) is 21.7. The van der Waals surface area contributed by atoms with Crippen LogP contribution in [0.25, 0.3) is 0 Å². The molecular formula is C11H19NO4. The lowest BCUT2D eigenvalue weighted by molar-refractivity contribution is -0.131. The van der Waals surface area contributed by atoms with E-state index in [9.17, 15) is 9.59 Å². The van der Waals surface area contributed by atoms with Crippen molar-refractivity contribution in [2.45, 2.75) is 45.8 Å². The van der Waals surface area contributed by atoms with Gasteiger partial charge in [-0.3, -0.25) is 0 Å². The molecule has 0 fully saturated rings. The van der Waals surface area contributed by atoms with Crippen LogP contribution in [0.15, 0.2) is 12.2 Å². The van der Waals surface area contributed by atoms with Crippen LogP contribution in [0.1, 0.15) is 34.1 Å². The standard InChI is InChI=1S/C11H19NO4/c1-5-8(6-7-9(13)14)12-10(15)16-11(2,3)4/h6-8H,5H2,1-4H3,(H,12,15)(H,13,14)/b7-6+. The molecule has 0 aromatic carbocycles. The zero-order valence-electron chi connectivity index (χ0n) is 10.1. The smallest absolute Gasteiger partial charge is 0.408 e. The van der Waals surface area contributed by atoms with Crippen molar-refractivity contribution in [2.75, 3.05) is 0 Å². The summed E-state index contributed by atoms with van der Waals surface area (Å²) >= 11 is 0. The van der Waals surface area contributed by atoms with Crippen LogP contribution in [0.5, 0.6) is 0 Å². The average molecular weight is 229 g/mol. The number of rotatable bonds is 4. The highest BCUT2D eigenvalue weighted by atomic mass is 16.6. The van der Waals surface area contributed by atoms with Crippen LogP contribution in [0.4, 0.5) is 4.79 Å². The Hall–Kier alpha value is -1.52. The Kier molecular flexibility index (Phi) is 5.56. The quantitative estimate of drug-likeness (QED) is 0.722. The predicted molar refractivity (Wildman–Crippen MR) is 60.2 cm³/mol. The van der Waals surface area contributed by atoms with Crippen molar-refractivity contribution in [3.63, 3.8) is 0 Å². The molecule has 0 heterocycles. The molecule has 1 amide bonds. The van der Waals surface area contributed by atoms with Gasteiger partial charge in [-0.05, 0) is 27.2 Å². The van der Waals surface area contributed by atoms with Gasteiger partial charge in [-0.25, -0.2) is 9.59 Å². The van der Waals surface area contributed by atoms with Crippen LogP contribution < -0.4 is 5.32 Å². The maximum Gasteiger partial charge on any atom is 0.408 e. The lowest BCUT2D eigenvalue weighted by Gasteiger charge is -2.21. The number of ether oxygens (including phenoxy) is 1. The predicted octanol–water partition coefficient (Wildman–Crippen LogP) is 1.93. The largest absolute Gasteiger partial charge is 0.478 e. The number of carboxylic acid groups (broad SMARTS) is 1. The first-order chi connectivity index (χ1) is 7.24. The van der Waals surface area contributed by atoms with Gasteiger partial charge >= 0.3 is 12.1 Å². The lowest BCUT2D eigenvalue weighted by atomic mass is 10.2. The van der Waals surface area contributed by atoms with E-state index < -0.39 is 17.7 Å². The SMILES string of the molecule is CCC(/C=C/C(=O)O)NC(=O)OC(C)(C)C. The van der Waals surface area contributed by atoms with Crippen LogP contribution in [-0.4, -0.2) is 28.8 Å². The maximum absolute atomic E-state index is 11.4. The van der Waals surface area contributed by atoms with Gasteiger partial charge in [0.15, 0.2) is 0 Å². The van der Waals surface area contributed by atoms with Gasteiger partial charge in [0.2, 0.25) is 0 Å². The van der Waals surface area contributed by atoms with Crippen LogP contribution >= 0.6 is 0 Å². The number of hydrogen-bond donors (Lipinski definition) is 2. The molecule has 0 aromatic heterocycles. The van der Waals surface area contributed by atoms with Crippen LogP contribution in [0.2, 0.25) is 0 Å². The number of carboxylic acids is 1. The molecule has 0 aromatic rings. The van der Waals surface area contributed by atoms with E-state index in [4.69, 9.17) is 9.84 Å². The van der Waals surface area contributed by atoms with E-state index in [1.165, 1.54) is 6.08 Å². The zero-order valence-corrected chi connectivity index (χ0v) is 10.1. The third kappa shape index (κ3) is 7.84. The molecule has 0 radical (unpaired) electrons. The van der Waals surface area contributed by atoms with Crippen molar-refractivity contribution < 1.29 is 19.4 Å². The maximum atomic E-state index is 11.4. The molecule has 0 aliphatic carbocycles. The Balaban J connectivity index is 4.23. The van der Waals surface area contributed by atoms with Gasteiger partial charge in [0.25, 0.3) is 0 Å². The van der Waals surface area contributed by atoms with Crippen molar-refractivity contribution in [1.82, 2.24) is 5.32 Å². The molecule has 0 bridgehead atoms. The number of aliphatic carboxylic acids is 1. The van der Waals surface area contributed by atoms with Gasteiger partial charge < -0.3 is 15.2 Å². The number of nitrogens with one attached hydrogen (secondary N) is 1. The third-order valence-corrected chi connectivity index (χ3v) is 1.61. The Labute approximate surface area is 95.5 Å². The minimum Gasteiger partial charge on any atom is -0.478 e. The highest BCUT2D eigenvalue weighted by Gasteiger charge is 2.17. The first kappa shape index (κ1) is 14.5. The number of amides is 1. The van der Waals surface area contributed by atoms with E-state index >= 15 is 0 Å². The van der Waals surface area contributed by atoms with Crippen molar-refractivity contribution in [1.29, 1.82) is 0 Å². The minimum atomic E-state index is -1.04. The molecule has 0 saturated carbocycles. The van der Waals surface area contributed by atoms with E-state index in [1.54, 1.807) is 20.8 Å². The molecule has 0 rings (SSSR count). The summed E-state index contributed by atoms with van der Waals surface area (Å²) in [5, 5.41) is 11.0. The van der Waals surface area contributed by atoms with E-state index in [1.807, 2.05) is 6.92 Å². The fourth-order valence-electron chi connectivity index (χ4n) is 0.944. The van der Waals surface area contributed by atoms with Gasteiger partial charge in [-0.2, -0.15) is 0 Å². The minimum absolute atomic E-state index is 0.328. The fraction of sp³-hybridized carbons (Fsp3) is 0.636. The molecule has 0 aliphatic rings. The molecule has 16 heavy (non-hydrogen) atoms. The molecule has 2 N–H and O–H groups in total. The summed E-state index contributed by atoms with van der Waals surface area (Å²) in [6.45, 7) is 7.14. The van der Waals surface area contributed by atoms with Gasteiger partial charge in [0, 0.05) is 6.08 Å². The van der Waals surface area contributed by atoms with Crippen molar-refractivity contribution in [3.05, 3.63) is 12.2 Å². The monoisotopic (exact) mass is 229 g/mol. The van der Waals surface area contributed by atoms with Crippen LogP contribution in [-0.2, 0) is 9.53 Å². The first-order valence-corrected chi connectivity index (χ1v) is 5.15. The van der Waals surface area contributed by atoms with Gasteiger partial charge in [-0.15, -0.1) is 0 Å². The van der Waals surface area contributed by atoms with Gasteiger partial charge in [-0.1, -0.05) is 13.0 Å². The molecule has 5 nitrogen and oxygen atoms in total. The molecule has 1 unspecified atom stereocenters. The molecular weight excluding hydrogens is 210 g/mol. The van der Waals surface area contributed by atoms with E-state index in [2.05, 4.69) is 5.32 Å². The summed E-state index contributed by atoms with van der Waals surface area (Å²) in [5.74, 6) is -1.04. The zero-order chi connectivity index (χ0) is 12.8. The molecule has 92 valence electrons. The molecule has 1 atom stereocenters. The average Bonchev–Trinajstić information content (AvgIpc) is 2.08. The number of carbonyl (C=O) groups excluding carboxylic acids is 1. The number of alkyl carbamates (subject to hydrolysis) is 1. The van der Waals surface area contributed by atoms with Gasteiger partial charge in [0.1, 0.15) is 5.60 Å². The normalized spacial score (nSPS) is 13.5. The first-order valence-electron chi connectivity index (χ1n) is 5.15. The van der Waals surface area contributed by atoms with Crippen molar-refractivity contribution in [2.24, 2.45) is 0 Å². The molecule has 0 saturated heterocycles. The summed E-state index contributed by atoms with van der Waals surface area (Å²) in [7, 11) is 0. The second-order valence-corrected chi connectivity index (χ2v) is 4.36. The van der Waals surface area contributed by atoms with Crippen molar-refractivity contribution >= 4 is 12.1 Å². The highest BCUT2D eigenvalue weighted by molar-refractivity contribution is 5.80. The Morgan fingerprint density at radius 3 is 2.38 bits per heavy atom. The Bertz CT molecular complexity index is 278. The summed E-state index contributed by atoms with van der Waals surface area (Å²) in [5.41, 5.74) is -0.557. The molecule has 0 spiro atoms. The Morgan fingerprint density at radius 2 is 2.00 bits per heavy atom.